The number of rotatable bonds is 7. The van der Waals surface area contributed by atoms with E-state index in [9.17, 15) is 10.1 Å². The van der Waals surface area contributed by atoms with Crippen LogP contribution in [0.3, 0.4) is 0 Å². The molecule has 0 spiro atoms. The van der Waals surface area contributed by atoms with Crippen molar-refractivity contribution in [2.75, 3.05) is 6.54 Å². The fourth-order valence-electron chi connectivity index (χ4n) is 1.97. The van der Waals surface area contributed by atoms with Crippen LogP contribution in [-0.2, 0) is 13.1 Å². The van der Waals surface area contributed by atoms with E-state index < -0.39 is 0 Å². The SMILES string of the molecule is C=CCN(Cc1ccc([N+](=O)[O-])cc1)Cc1cccs1. The van der Waals surface area contributed by atoms with Gasteiger partial charge in [0.2, 0.25) is 0 Å². The zero-order chi connectivity index (χ0) is 14.4. The maximum atomic E-state index is 10.6. The third-order valence-corrected chi connectivity index (χ3v) is 3.76. The number of hydrogen-bond acceptors (Lipinski definition) is 4. The second kappa shape index (κ2) is 6.98. The topological polar surface area (TPSA) is 46.4 Å². The van der Waals surface area contributed by atoms with Gasteiger partial charge in [0.25, 0.3) is 5.69 Å². The standard InChI is InChI=1S/C15H16N2O2S/c1-2-9-16(12-15-4-3-10-20-15)11-13-5-7-14(8-6-13)17(18)19/h2-8,10H,1,9,11-12H2. The Bertz CT molecular complexity index is 564. The summed E-state index contributed by atoms with van der Waals surface area (Å²) in [5.74, 6) is 0. The second-order valence-corrected chi connectivity index (χ2v) is 5.49. The fraction of sp³-hybridized carbons (Fsp3) is 0.200. The number of non-ortho nitro benzene ring substituents is 1. The summed E-state index contributed by atoms with van der Waals surface area (Å²) in [6.07, 6.45) is 1.87. The molecule has 0 fully saturated rings. The van der Waals surface area contributed by atoms with Crippen LogP contribution in [0.5, 0.6) is 0 Å². The molecule has 0 bridgehead atoms. The Balaban J connectivity index is 2.03. The summed E-state index contributed by atoms with van der Waals surface area (Å²) in [7, 11) is 0. The number of nitro benzene ring substituents is 1. The molecule has 0 N–H and O–H groups in total. The van der Waals surface area contributed by atoms with E-state index in [0.717, 1.165) is 25.2 Å². The van der Waals surface area contributed by atoms with Gasteiger partial charge in [-0.25, -0.2) is 0 Å². The lowest BCUT2D eigenvalue weighted by Gasteiger charge is -2.19. The first-order chi connectivity index (χ1) is 9.69. The molecule has 0 unspecified atom stereocenters. The minimum absolute atomic E-state index is 0.127. The van der Waals surface area contributed by atoms with Gasteiger partial charge in [-0.2, -0.15) is 0 Å². The predicted octanol–water partition coefficient (Wildman–Crippen LogP) is 3.84. The van der Waals surface area contributed by atoms with Gasteiger partial charge in [0, 0.05) is 36.6 Å². The number of hydrogen-bond donors (Lipinski definition) is 0. The average molecular weight is 288 g/mol. The van der Waals surface area contributed by atoms with Crippen molar-refractivity contribution in [3.8, 4) is 0 Å². The first kappa shape index (κ1) is 14.4. The van der Waals surface area contributed by atoms with E-state index in [1.807, 2.05) is 24.3 Å². The summed E-state index contributed by atoms with van der Waals surface area (Å²) in [4.78, 5) is 13.8. The van der Waals surface area contributed by atoms with Gasteiger partial charge in [0.1, 0.15) is 0 Å². The van der Waals surface area contributed by atoms with Crippen molar-refractivity contribution >= 4 is 17.0 Å². The molecule has 1 aromatic carbocycles. The highest BCUT2D eigenvalue weighted by atomic mass is 32.1. The van der Waals surface area contributed by atoms with Crippen molar-refractivity contribution < 1.29 is 4.92 Å². The third kappa shape index (κ3) is 4.01. The van der Waals surface area contributed by atoms with Crippen LogP contribution < -0.4 is 0 Å². The van der Waals surface area contributed by atoms with Crippen LogP contribution in [-0.4, -0.2) is 16.4 Å². The molecular weight excluding hydrogens is 272 g/mol. The number of thiophene rings is 1. The van der Waals surface area contributed by atoms with Gasteiger partial charge in [-0.3, -0.25) is 15.0 Å². The van der Waals surface area contributed by atoms with E-state index in [-0.39, 0.29) is 10.6 Å². The molecule has 0 saturated carbocycles. The fourth-order valence-corrected chi connectivity index (χ4v) is 2.72. The predicted molar refractivity (Wildman–Crippen MR) is 81.7 cm³/mol. The minimum Gasteiger partial charge on any atom is -0.290 e. The van der Waals surface area contributed by atoms with Crippen molar-refractivity contribution in [3.63, 3.8) is 0 Å². The Morgan fingerprint density at radius 2 is 2.00 bits per heavy atom. The van der Waals surface area contributed by atoms with Crippen LogP contribution in [0, 0.1) is 10.1 Å². The Morgan fingerprint density at radius 3 is 2.55 bits per heavy atom. The Labute approximate surface area is 122 Å². The van der Waals surface area contributed by atoms with Gasteiger partial charge in [0.15, 0.2) is 0 Å². The third-order valence-electron chi connectivity index (χ3n) is 2.90. The summed E-state index contributed by atoms with van der Waals surface area (Å²) < 4.78 is 0. The highest BCUT2D eigenvalue weighted by Crippen LogP contribution is 2.16. The van der Waals surface area contributed by atoms with Crippen LogP contribution in [0.25, 0.3) is 0 Å². The maximum absolute atomic E-state index is 10.6. The van der Waals surface area contributed by atoms with Crippen molar-refractivity contribution in [3.05, 3.63) is 75.0 Å². The lowest BCUT2D eigenvalue weighted by Crippen LogP contribution is -2.22. The van der Waals surface area contributed by atoms with E-state index in [1.54, 1.807) is 23.5 Å². The Morgan fingerprint density at radius 1 is 1.25 bits per heavy atom. The molecule has 5 heteroatoms. The maximum Gasteiger partial charge on any atom is 0.269 e. The smallest absolute Gasteiger partial charge is 0.269 e. The average Bonchev–Trinajstić information content (AvgIpc) is 2.92. The molecule has 104 valence electrons. The van der Waals surface area contributed by atoms with E-state index >= 15 is 0 Å². The first-order valence-corrected chi connectivity index (χ1v) is 7.16. The van der Waals surface area contributed by atoms with Gasteiger partial charge in [-0.15, -0.1) is 17.9 Å². The molecule has 0 amide bonds. The number of benzene rings is 1. The van der Waals surface area contributed by atoms with Gasteiger partial charge < -0.3 is 0 Å². The molecule has 2 aromatic rings. The van der Waals surface area contributed by atoms with E-state index in [1.165, 1.54) is 4.88 Å². The number of nitro groups is 1. The Hall–Kier alpha value is -1.98. The van der Waals surface area contributed by atoms with Crippen molar-refractivity contribution in [1.82, 2.24) is 4.90 Å². The van der Waals surface area contributed by atoms with Crippen LogP contribution in [0.4, 0.5) is 5.69 Å². The molecule has 0 atom stereocenters. The molecule has 0 radical (unpaired) electrons. The normalized spacial score (nSPS) is 10.7. The molecular formula is C15H16N2O2S. The molecule has 0 aliphatic carbocycles. The molecule has 0 aliphatic heterocycles. The number of nitrogens with zero attached hydrogens (tertiary/aromatic N) is 2. The molecule has 4 nitrogen and oxygen atoms in total. The zero-order valence-electron chi connectivity index (χ0n) is 11.1. The monoisotopic (exact) mass is 288 g/mol. The lowest BCUT2D eigenvalue weighted by atomic mass is 10.2. The highest BCUT2D eigenvalue weighted by Gasteiger charge is 2.08. The molecule has 0 aliphatic rings. The van der Waals surface area contributed by atoms with Crippen LogP contribution in [0.15, 0.2) is 54.4 Å². The highest BCUT2D eigenvalue weighted by molar-refractivity contribution is 7.09. The van der Waals surface area contributed by atoms with Crippen molar-refractivity contribution in [2.45, 2.75) is 13.1 Å². The van der Waals surface area contributed by atoms with Crippen molar-refractivity contribution in [1.29, 1.82) is 0 Å². The van der Waals surface area contributed by atoms with E-state index in [4.69, 9.17) is 0 Å². The molecule has 1 aromatic heterocycles. The Kier molecular flexibility index (Phi) is 5.03. The minimum atomic E-state index is -0.378. The van der Waals surface area contributed by atoms with Gasteiger partial charge in [-0.1, -0.05) is 24.3 Å². The zero-order valence-corrected chi connectivity index (χ0v) is 11.9. The molecule has 20 heavy (non-hydrogen) atoms. The van der Waals surface area contributed by atoms with E-state index in [2.05, 4.69) is 22.9 Å². The quantitative estimate of drug-likeness (QED) is 0.442. The lowest BCUT2D eigenvalue weighted by molar-refractivity contribution is -0.384. The molecule has 1 heterocycles. The van der Waals surface area contributed by atoms with Crippen LogP contribution in [0.2, 0.25) is 0 Å². The van der Waals surface area contributed by atoms with Gasteiger partial charge >= 0.3 is 0 Å². The van der Waals surface area contributed by atoms with Crippen LogP contribution in [0.1, 0.15) is 10.4 Å². The van der Waals surface area contributed by atoms with Crippen molar-refractivity contribution in [2.24, 2.45) is 0 Å². The summed E-state index contributed by atoms with van der Waals surface area (Å²) in [6.45, 7) is 6.18. The largest absolute Gasteiger partial charge is 0.290 e. The second-order valence-electron chi connectivity index (χ2n) is 4.46. The first-order valence-electron chi connectivity index (χ1n) is 6.28. The summed E-state index contributed by atoms with van der Waals surface area (Å²) in [6, 6.07) is 10.9. The summed E-state index contributed by atoms with van der Waals surface area (Å²) >= 11 is 1.73. The van der Waals surface area contributed by atoms with Gasteiger partial charge in [-0.05, 0) is 17.0 Å². The van der Waals surface area contributed by atoms with E-state index in [0.29, 0.717) is 0 Å². The molecule has 2 rings (SSSR count). The summed E-state index contributed by atoms with van der Waals surface area (Å²) in [5, 5.41) is 12.7. The van der Waals surface area contributed by atoms with Gasteiger partial charge in [0.05, 0.1) is 4.92 Å². The summed E-state index contributed by atoms with van der Waals surface area (Å²) in [5.41, 5.74) is 1.19. The van der Waals surface area contributed by atoms with Crippen LogP contribution >= 0.6 is 11.3 Å². The molecule has 0 saturated heterocycles.